The molecule has 0 saturated carbocycles. The minimum Gasteiger partial charge on any atom is -0.284 e. The van der Waals surface area contributed by atoms with Crippen LogP contribution in [0.5, 0.6) is 0 Å². The summed E-state index contributed by atoms with van der Waals surface area (Å²) in [5.74, 6) is 0. The first-order valence-corrected chi connectivity index (χ1v) is 5.83. The molecule has 0 aromatic carbocycles. The van der Waals surface area contributed by atoms with Crippen LogP contribution in [-0.2, 0) is 0 Å². The highest BCUT2D eigenvalue weighted by Crippen LogP contribution is 2.43. The Hall–Kier alpha value is -0.600. The molecular formula is C13H22N2. The van der Waals surface area contributed by atoms with E-state index in [1.54, 1.807) is 11.1 Å². The third kappa shape index (κ3) is 1.56. The molecule has 2 aliphatic heterocycles. The molecule has 0 atom stereocenters. The van der Waals surface area contributed by atoms with Crippen LogP contribution in [0.15, 0.2) is 23.3 Å². The summed E-state index contributed by atoms with van der Waals surface area (Å²) in [7, 11) is 4.51. The molecule has 0 unspecified atom stereocenters. The molecule has 1 spiro atoms. The van der Waals surface area contributed by atoms with E-state index in [1.807, 2.05) is 0 Å². The summed E-state index contributed by atoms with van der Waals surface area (Å²) in [6.07, 6.45) is 7.00. The van der Waals surface area contributed by atoms with E-state index < -0.39 is 0 Å². The van der Waals surface area contributed by atoms with Gasteiger partial charge in [-0.15, -0.1) is 0 Å². The van der Waals surface area contributed by atoms with Gasteiger partial charge in [-0.3, -0.25) is 9.80 Å². The van der Waals surface area contributed by atoms with Gasteiger partial charge >= 0.3 is 0 Å². The molecule has 0 aromatic rings. The summed E-state index contributed by atoms with van der Waals surface area (Å²) in [6.45, 7) is 6.59. The second-order valence-corrected chi connectivity index (χ2v) is 4.94. The van der Waals surface area contributed by atoms with Crippen molar-refractivity contribution in [1.29, 1.82) is 0 Å². The van der Waals surface area contributed by atoms with Gasteiger partial charge in [-0.2, -0.15) is 0 Å². The number of rotatable bonds is 0. The van der Waals surface area contributed by atoms with E-state index in [0.717, 1.165) is 13.1 Å². The Bertz CT molecular complexity index is 282. The van der Waals surface area contributed by atoms with Gasteiger partial charge in [0.2, 0.25) is 0 Å². The molecule has 15 heavy (non-hydrogen) atoms. The molecule has 0 bridgehead atoms. The molecule has 2 heteroatoms. The van der Waals surface area contributed by atoms with Crippen molar-refractivity contribution in [2.24, 2.45) is 0 Å². The van der Waals surface area contributed by atoms with Crippen LogP contribution >= 0.6 is 0 Å². The first-order valence-electron chi connectivity index (χ1n) is 5.83. The molecule has 0 amide bonds. The van der Waals surface area contributed by atoms with E-state index in [2.05, 4.69) is 49.9 Å². The lowest BCUT2D eigenvalue weighted by Gasteiger charge is -2.37. The van der Waals surface area contributed by atoms with E-state index in [-0.39, 0.29) is 5.66 Å². The van der Waals surface area contributed by atoms with Crippen molar-refractivity contribution in [3.63, 3.8) is 0 Å². The maximum Gasteiger partial charge on any atom is 0.0815 e. The lowest BCUT2D eigenvalue weighted by atomic mass is 10.00. The Morgan fingerprint density at radius 2 is 1.33 bits per heavy atom. The minimum absolute atomic E-state index is 0.281. The molecule has 0 N–H and O–H groups in total. The molecule has 2 fully saturated rings. The normalized spacial score (nSPS) is 38.9. The van der Waals surface area contributed by atoms with Crippen LogP contribution in [0.25, 0.3) is 0 Å². The molecular weight excluding hydrogens is 184 g/mol. The molecule has 0 aromatic heterocycles. The highest BCUT2D eigenvalue weighted by Gasteiger charge is 2.48. The molecule has 2 nitrogen and oxygen atoms in total. The molecule has 2 aliphatic rings. The van der Waals surface area contributed by atoms with Crippen molar-refractivity contribution in [3.8, 4) is 0 Å². The predicted molar refractivity (Wildman–Crippen MR) is 64.7 cm³/mol. The number of hydrogen-bond acceptors (Lipinski definition) is 2. The summed E-state index contributed by atoms with van der Waals surface area (Å²) in [6, 6.07) is 0. The molecule has 2 saturated heterocycles. The second-order valence-electron chi connectivity index (χ2n) is 4.94. The fourth-order valence-corrected chi connectivity index (χ4v) is 3.02. The Kier molecular flexibility index (Phi) is 2.73. The SMILES string of the molecule is C/C=C1\CN(C)C2(C1)C/C(=C/C)CN2C. The molecule has 2 rings (SSSR count). The monoisotopic (exact) mass is 206 g/mol. The van der Waals surface area contributed by atoms with Gasteiger partial charge in [0, 0.05) is 25.9 Å². The van der Waals surface area contributed by atoms with Crippen LogP contribution in [0.3, 0.4) is 0 Å². The number of hydrogen-bond donors (Lipinski definition) is 0. The van der Waals surface area contributed by atoms with Gasteiger partial charge in [0.1, 0.15) is 0 Å². The second kappa shape index (κ2) is 3.76. The van der Waals surface area contributed by atoms with Crippen LogP contribution in [0.1, 0.15) is 26.7 Å². The number of likely N-dealkylation sites (tertiary alicyclic amines) is 2. The molecule has 0 radical (unpaired) electrons. The van der Waals surface area contributed by atoms with Gasteiger partial charge in [-0.1, -0.05) is 23.3 Å². The van der Waals surface area contributed by atoms with E-state index in [4.69, 9.17) is 0 Å². The van der Waals surface area contributed by atoms with E-state index >= 15 is 0 Å². The largest absolute Gasteiger partial charge is 0.284 e. The maximum absolute atomic E-state index is 2.51. The summed E-state index contributed by atoms with van der Waals surface area (Å²) < 4.78 is 0. The number of likely N-dealkylation sites (N-methyl/N-ethyl adjacent to an activating group) is 2. The van der Waals surface area contributed by atoms with E-state index in [0.29, 0.717) is 0 Å². The van der Waals surface area contributed by atoms with Crippen molar-refractivity contribution in [2.45, 2.75) is 32.4 Å². The van der Waals surface area contributed by atoms with Crippen LogP contribution in [0.2, 0.25) is 0 Å². The van der Waals surface area contributed by atoms with Crippen LogP contribution in [0, 0.1) is 0 Å². The summed E-state index contributed by atoms with van der Waals surface area (Å²) in [5, 5.41) is 0. The molecule has 0 aliphatic carbocycles. The minimum atomic E-state index is 0.281. The third-order valence-corrected chi connectivity index (χ3v) is 4.14. The number of allylic oxidation sites excluding steroid dienone is 2. The summed E-state index contributed by atoms with van der Waals surface area (Å²) in [5.41, 5.74) is 3.45. The van der Waals surface area contributed by atoms with E-state index in [9.17, 15) is 0 Å². The van der Waals surface area contributed by atoms with Crippen molar-refractivity contribution in [1.82, 2.24) is 9.80 Å². The van der Waals surface area contributed by atoms with Gasteiger partial charge in [0.05, 0.1) is 5.66 Å². The highest BCUT2D eigenvalue weighted by molar-refractivity contribution is 5.25. The van der Waals surface area contributed by atoms with Crippen LogP contribution in [-0.4, -0.2) is 42.6 Å². The zero-order valence-electron chi connectivity index (χ0n) is 10.4. The van der Waals surface area contributed by atoms with Gasteiger partial charge in [0.15, 0.2) is 0 Å². The topological polar surface area (TPSA) is 6.48 Å². The van der Waals surface area contributed by atoms with Gasteiger partial charge < -0.3 is 0 Å². The average molecular weight is 206 g/mol. The van der Waals surface area contributed by atoms with Crippen molar-refractivity contribution >= 4 is 0 Å². The molecule has 84 valence electrons. The zero-order chi connectivity index (χ0) is 11.1. The first-order chi connectivity index (χ1) is 7.12. The summed E-state index contributed by atoms with van der Waals surface area (Å²) >= 11 is 0. The number of nitrogens with zero attached hydrogens (tertiary/aromatic N) is 2. The van der Waals surface area contributed by atoms with E-state index in [1.165, 1.54) is 12.8 Å². The van der Waals surface area contributed by atoms with Crippen LogP contribution in [0.4, 0.5) is 0 Å². The Morgan fingerprint density at radius 1 is 0.933 bits per heavy atom. The highest BCUT2D eigenvalue weighted by atomic mass is 15.4. The first kappa shape index (κ1) is 10.9. The smallest absolute Gasteiger partial charge is 0.0815 e. The standard InChI is InChI=1S/C13H22N2/c1-5-11-7-13(14(3)9-11)8-12(6-2)10-15(13)4/h5-6H,7-10H2,1-4H3/b11-5-,12-6-. The van der Waals surface area contributed by atoms with Crippen molar-refractivity contribution in [3.05, 3.63) is 23.3 Å². The zero-order valence-corrected chi connectivity index (χ0v) is 10.4. The predicted octanol–water partition coefficient (Wildman–Crippen LogP) is 2.25. The third-order valence-electron chi connectivity index (χ3n) is 4.14. The Balaban J connectivity index is 2.28. The fraction of sp³-hybridized carbons (Fsp3) is 0.692. The fourth-order valence-electron chi connectivity index (χ4n) is 3.02. The van der Waals surface area contributed by atoms with Crippen molar-refractivity contribution in [2.75, 3.05) is 27.2 Å². The van der Waals surface area contributed by atoms with Gasteiger partial charge in [-0.05, 0) is 27.9 Å². The Labute approximate surface area is 93.2 Å². The summed E-state index contributed by atoms with van der Waals surface area (Å²) in [4.78, 5) is 5.03. The molecule has 2 heterocycles. The lowest BCUT2D eigenvalue weighted by Crippen LogP contribution is -2.50. The Morgan fingerprint density at radius 3 is 1.60 bits per heavy atom. The van der Waals surface area contributed by atoms with Gasteiger partial charge in [0.25, 0.3) is 0 Å². The quantitative estimate of drug-likeness (QED) is 0.561. The lowest BCUT2D eigenvalue weighted by molar-refractivity contribution is 0.0392. The van der Waals surface area contributed by atoms with Gasteiger partial charge in [-0.25, -0.2) is 0 Å². The maximum atomic E-state index is 2.51. The van der Waals surface area contributed by atoms with Crippen molar-refractivity contribution < 1.29 is 0 Å². The average Bonchev–Trinajstić information content (AvgIpc) is 2.71. The van der Waals surface area contributed by atoms with Crippen LogP contribution < -0.4 is 0 Å².